The molecule has 0 saturated carbocycles. The Morgan fingerprint density at radius 1 is 1.44 bits per heavy atom. The van der Waals surface area contributed by atoms with Crippen molar-refractivity contribution in [2.75, 3.05) is 6.26 Å². The second-order valence-corrected chi connectivity index (χ2v) is 4.19. The number of nitrogens with zero attached hydrogens (tertiary/aromatic N) is 1. The van der Waals surface area contributed by atoms with E-state index in [-0.39, 0.29) is 62.4 Å². The summed E-state index contributed by atoms with van der Waals surface area (Å²) in [6.07, 6.45) is 3.70. The number of hydrogen-bond donors (Lipinski definition) is 0. The molecule has 0 saturated heterocycles. The van der Waals surface area contributed by atoms with Crippen LogP contribution < -0.4 is 51.4 Å². The maximum absolute atomic E-state index is 11.9. The molecule has 0 bridgehead atoms. The van der Waals surface area contributed by atoms with Crippen LogP contribution in [-0.4, -0.2) is 22.4 Å². The molecule has 1 rings (SSSR count). The minimum absolute atomic E-state index is 0. The predicted octanol–water partition coefficient (Wildman–Crippen LogP) is -0.777. The minimum Gasteiger partial charge on any atom is -0.445 e. The Hall–Kier alpha value is 0.531. The summed E-state index contributed by atoms with van der Waals surface area (Å²) in [6, 6.07) is 2.79. The first-order valence-corrected chi connectivity index (χ1v) is 5.63. The van der Waals surface area contributed by atoms with Crippen LogP contribution in [0.1, 0.15) is 5.56 Å². The Kier molecular flexibility index (Phi) is 7.31. The molecule has 0 aliphatic rings. The van der Waals surface area contributed by atoms with E-state index in [9.17, 15) is 17.2 Å². The molecule has 0 aliphatic heterocycles. The van der Waals surface area contributed by atoms with E-state index in [0.717, 1.165) is 6.08 Å². The van der Waals surface area contributed by atoms with Crippen molar-refractivity contribution in [2.45, 2.75) is 5.03 Å². The van der Waals surface area contributed by atoms with E-state index < -0.39 is 17.8 Å². The van der Waals surface area contributed by atoms with Crippen LogP contribution >= 0.6 is 0 Å². The Bertz CT molecular complexity index is 411. The van der Waals surface area contributed by atoms with E-state index in [2.05, 4.69) is 4.98 Å². The van der Waals surface area contributed by atoms with Crippen LogP contribution in [-0.2, 0) is 10.8 Å². The van der Waals surface area contributed by atoms with Crippen molar-refractivity contribution < 1.29 is 68.5 Å². The molecule has 0 fully saturated rings. The molecule has 1 atom stereocenters. The minimum atomic E-state index is -4.93. The SMILES string of the molecule is CS(=O)c1cc(/C=C/[B-](F)(F)F)ccn1.[K+]. The quantitative estimate of drug-likeness (QED) is 0.676. The van der Waals surface area contributed by atoms with Gasteiger partial charge in [0.25, 0.3) is 0 Å². The standard InChI is InChI=1S/C8H8BF3NOS.K/c1-15(14)8-6-7(3-5-13-8)2-4-9(10,11)12;/h2-6H,1H3;/q-1;+1/b4-2+;. The average molecular weight is 273 g/mol. The number of rotatable bonds is 3. The van der Waals surface area contributed by atoms with Gasteiger partial charge in [0.05, 0.1) is 10.8 Å². The van der Waals surface area contributed by atoms with Gasteiger partial charge in [-0.25, -0.2) is 4.98 Å². The number of aromatic nitrogens is 1. The van der Waals surface area contributed by atoms with Gasteiger partial charge in [0.2, 0.25) is 0 Å². The first-order chi connectivity index (χ1) is 6.88. The van der Waals surface area contributed by atoms with Crippen LogP contribution in [0.25, 0.3) is 6.08 Å². The fourth-order valence-corrected chi connectivity index (χ4v) is 1.42. The van der Waals surface area contributed by atoms with Gasteiger partial charge in [0, 0.05) is 12.5 Å². The second kappa shape index (κ2) is 7.07. The topological polar surface area (TPSA) is 30.0 Å². The summed E-state index contributed by atoms with van der Waals surface area (Å²) >= 11 is 0. The van der Waals surface area contributed by atoms with E-state index in [4.69, 9.17) is 0 Å². The molecule has 0 aromatic carbocycles. The van der Waals surface area contributed by atoms with Gasteiger partial charge in [-0.15, -0.1) is 5.98 Å². The van der Waals surface area contributed by atoms with Crippen molar-refractivity contribution in [2.24, 2.45) is 0 Å². The Balaban J connectivity index is 0.00000225. The molecular weight excluding hydrogens is 265 g/mol. The molecule has 0 radical (unpaired) electrons. The van der Waals surface area contributed by atoms with Gasteiger partial charge in [-0.2, -0.15) is 0 Å². The van der Waals surface area contributed by atoms with Crippen LogP contribution in [0.15, 0.2) is 29.3 Å². The van der Waals surface area contributed by atoms with Crippen molar-refractivity contribution in [1.82, 2.24) is 4.98 Å². The molecule has 2 nitrogen and oxygen atoms in total. The van der Waals surface area contributed by atoms with E-state index in [1.807, 2.05) is 0 Å². The van der Waals surface area contributed by atoms with E-state index in [1.165, 1.54) is 24.6 Å². The number of hydrogen-bond acceptors (Lipinski definition) is 2. The van der Waals surface area contributed by atoms with Gasteiger partial charge in [-0.05, 0) is 17.7 Å². The summed E-state index contributed by atoms with van der Waals surface area (Å²) in [5.74, 6) is 0.192. The van der Waals surface area contributed by atoms with Crippen LogP contribution in [0.4, 0.5) is 12.9 Å². The van der Waals surface area contributed by atoms with Crippen LogP contribution in [0, 0.1) is 0 Å². The predicted molar refractivity (Wildman–Crippen MR) is 54.7 cm³/mol. The first kappa shape index (κ1) is 16.5. The Morgan fingerprint density at radius 3 is 2.56 bits per heavy atom. The van der Waals surface area contributed by atoms with Gasteiger partial charge in [-0.3, -0.25) is 4.21 Å². The normalized spacial score (nSPS) is 13.5. The molecule has 82 valence electrons. The molecule has 0 aliphatic carbocycles. The molecular formula is C8H8BF3KNOS. The summed E-state index contributed by atoms with van der Waals surface area (Å²) in [5, 5.41) is 0.270. The van der Waals surface area contributed by atoms with E-state index >= 15 is 0 Å². The molecule has 0 spiro atoms. The monoisotopic (exact) mass is 273 g/mol. The maximum Gasteiger partial charge on any atom is 1.00 e. The van der Waals surface area contributed by atoms with Gasteiger partial charge in [0.1, 0.15) is 5.03 Å². The summed E-state index contributed by atoms with van der Waals surface area (Å²) in [7, 11) is -1.29. The summed E-state index contributed by atoms with van der Waals surface area (Å²) in [4.78, 5) is 3.77. The second-order valence-electron chi connectivity index (χ2n) is 2.87. The number of halogens is 3. The fourth-order valence-electron chi connectivity index (χ4n) is 0.906. The molecule has 0 amide bonds. The number of pyridine rings is 1. The Morgan fingerprint density at radius 2 is 2.06 bits per heavy atom. The smallest absolute Gasteiger partial charge is 0.445 e. The third kappa shape index (κ3) is 6.31. The van der Waals surface area contributed by atoms with Crippen molar-refractivity contribution in [3.05, 3.63) is 29.9 Å². The third-order valence-electron chi connectivity index (χ3n) is 1.56. The van der Waals surface area contributed by atoms with Gasteiger partial charge in [0.15, 0.2) is 0 Å². The third-order valence-corrected chi connectivity index (χ3v) is 2.37. The zero-order valence-electron chi connectivity index (χ0n) is 8.86. The first-order valence-electron chi connectivity index (χ1n) is 4.07. The molecule has 1 unspecified atom stereocenters. The summed E-state index contributed by atoms with van der Waals surface area (Å²) in [6.45, 7) is -4.93. The molecule has 16 heavy (non-hydrogen) atoms. The van der Waals surface area contributed by atoms with Crippen LogP contribution in [0.5, 0.6) is 0 Å². The van der Waals surface area contributed by atoms with Crippen molar-refractivity contribution >= 4 is 23.9 Å². The molecule has 1 aromatic rings. The largest absolute Gasteiger partial charge is 1.00 e. The van der Waals surface area contributed by atoms with E-state index in [1.54, 1.807) is 0 Å². The molecule has 8 heteroatoms. The summed E-state index contributed by atoms with van der Waals surface area (Å²) < 4.78 is 46.7. The summed E-state index contributed by atoms with van der Waals surface area (Å²) in [5.41, 5.74) is 0.342. The van der Waals surface area contributed by atoms with Crippen LogP contribution in [0.2, 0.25) is 0 Å². The fraction of sp³-hybridized carbons (Fsp3) is 0.125. The molecule has 0 N–H and O–H groups in total. The molecule has 1 aromatic heterocycles. The Labute approximate surface area is 137 Å². The molecule has 1 heterocycles. The maximum atomic E-state index is 11.9. The van der Waals surface area contributed by atoms with Gasteiger partial charge < -0.3 is 12.9 Å². The van der Waals surface area contributed by atoms with Crippen molar-refractivity contribution in [3.8, 4) is 0 Å². The van der Waals surface area contributed by atoms with E-state index in [0.29, 0.717) is 5.56 Å². The zero-order chi connectivity index (χ0) is 11.5. The van der Waals surface area contributed by atoms with Crippen LogP contribution in [0.3, 0.4) is 0 Å². The van der Waals surface area contributed by atoms with Gasteiger partial charge >= 0.3 is 58.4 Å². The average Bonchev–Trinajstić information content (AvgIpc) is 2.14. The van der Waals surface area contributed by atoms with Crippen molar-refractivity contribution in [1.29, 1.82) is 0 Å². The van der Waals surface area contributed by atoms with Crippen molar-refractivity contribution in [3.63, 3.8) is 0 Å². The zero-order valence-corrected chi connectivity index (χ0v) is 12.8. The van der Waals surface area contributed by atoms with Gasteiger partial charge in [-0.1, -0.05) is 6.08 Å².